The Bertz CT molecular complexity index is 860. The van der Waals surface area contributed by atoms with Crippen LogP contribution in [0.3, 0.4) is 0 Å². The molecular weight excluding hydrogens is 321 g/mol. The summed E-state index contributed by atoms with van der Waals surface area (Å²) in [5.74, 6) is -1.27. The minimum Gasteiger partial charge on any atom is -0.504 e. The number of nitrogens with zero attached hydrogens (tertiary/aromatic N) is 4. The summed E-state index contributed by atoms with van der Waals surface area (Å²) in [6.07, 6.45) is 1.40. The third-order valence-electron chi connectivity index (χ3n) is 2.89. The predicted molar refractivity (Wildman–Crippen MR) is 80.4 cm³/mol. The molecule has 0 unspecified atom stereocenters. The minimum absolute atomic E-state index is 0.0754. The third kappa shape index (κ3) is 3.64. The van der Waals surface area contributed by atoms with E-state index < -0.39 is 11.5 Å². The molecule has 23 heavy (non-hydrogen) atoms. The van der Waals surface area contributed by atoms with Gasteiger partial charge in [-0.05, 0) is 22.9 Å². The van der Waals surface area contributed by atoms with Crippen molar-refractivity contribution in [1.29, 1.82) is 0 Å². The highest BCUT2D eigenvalue weighted by atomic mass is 32.1. The van der Waals surface area contributed by atoms with Crippen LogP contribution < -0.4 is 0 Å². The summed E-state index contributed by atoms with van der Waals surface area (Å²) in [6.45, 7) is 0. The van der Waals surface area contributed by atoms with Crippen LogP contribution in [0.1, 0.15) is 26.9 Å². The lowest BCUT2D eigenvalue weighted by atomic mass is 10.1. The lowest BCUT2D eigenvalue weighted by Crippen LogP contribution is -1.99. The molecular formula is C14H10FN5O2S. The van der Waals surface area contributed by atoms with Crippen molar-refractivity contribution in [2.45, 2.75) is 6.42 Å². The molecule has 7 nitrogen and oxygen atoms in total. The molecule has 2 aromatic heterocycles. The molecule has 0 aliphatic carbocycles. The van der Waals surface area contributed by atoms with Crippen molar-refractivity contribution in [1.82, 2.24) is 25.6 Å². The Morgan fingerprint density at radius 3 is 3.04 bits per heavy atom. The van der Waals surface area contributed by atoms with Crippen LogP contribution in [0, 0.1) is 5.82 Å². The van der Waals surface area contributed by atoms with E-state index in [2.05, 4.69) is 25.6 Å². The Labute approximate surface area is 133 Å². The molecule has 0 aliphatic heterocycles. The second-order valence-corrected chi connectivity index (χ2v) is 5.51. The predicted octanol–water partition coefficient (Wildman–Crippen LogP) is 2.17. The molecule has 0 atom stereocenters. The first kappa shape index (κ1) is 15.0. The number of aliphatic hydroxyl groups is 1. The largest absolute Gasteiger partial charge is 0.504 e. The summed E-state index contributed by atoms with van der Waals surface area (Å²) in [7, 11) is 0. The monoisotopic (exact) mass is 331 g/mol. The standard InChI is InChI=1S/C14H10FN5O2S/c15-9-3-1-2-8(4-9)5-13-16-10(7-23-13)11(21)6-12(22)14-17-19-20-18-14/h1-4,6-7,22H,5H2,(H,17,18,19,20). The molecule has 1 aromatic carbocycles. The van der Waals surface area contributed by atoms with Gasteiger partial charge in [0.05, 0.1) is 5.01 Å². The molecule has 3 rings (SSSR count). The number of hydrogen-bond donors (Lipinski definition) is 2. The van der Waals surface area contributed by atoms with E-state index in [4.69, 9.17) is 0 Å². The number of hydrogen-bond acceptors (Lipinski definition) is 7. The molecule has 0 aliphatic rings. The number of carbonyl (C=O) groups is 1. The van der Waals surface area contributed by atoms with Crippen molar-refractivity contribution < 1.29 is 14.3 Å². The fourth-order valence-corrected chi connectivity index (χ4v) is 2.68. The number of thiazole rings is 1. The maximum Gasteiger partial charge on any atom is 0.239 e. The summed E-state index contributed by atoms with van der Waals surface area (Å²) in [4.78, 5) is 16.2. The highest BCUT2D eigenvalue weighted by Gasteiger charge is 2.13. The van der Waals surface area contributed by atoms with E-state index in [0.29, 0.717) is 11.4 Å². The van der Waals surface area contributed by atoms with Crippen molar-refractivity contribution in [2.24, 2.45) is 0 Å². The SMILES string of the molecule is O=C(C=C(O)c1nn[nH]n1)c1csc(Cc2cccc(F)c2)n1. The van der Waals surface area contributed by atoms with Gasteiger partial charge in [-0.3, -0.25) is 4.79 Å². The molecule has 3 aromatic rings. The van der Waals surface area contributed by atoms with Crippen LogP contribution in [0.5, 0.6) is 0 Å². The number of benzene rings is 1. The van der Waals surface area contributed by atoms with Gasteiger partial charge in [0.2, 0.25) is 11.6 Å². The number of ketones is 1. The number of H-pyrrole nitrogens is 1. The normalized spacial score (nSPS) is 11.6. The van der Waals surface area contributed by atoms with E-state index in [1.165, 1.54) is 23.5 Å². The first-order chi connectivity index (χ1) is 11.1. The van der Waals surface area contributed by atoms with Crippen LogP contribution >= 0.6 is 11.3 Å². The zero-order chi connectivity index (χ0) is 16.2. The number of tetrazole rings is 1. The summed E-state index contributed by atoms with van der Waals surface area (Å²) in [5.41, 5.74) is 0.958. The van der Waals surface area contributed by atoms with Gasteiger partial charge in [-0.25, -0.2) is 9.37 Å². The molecule has 0 saturated carbocycles. The third-order valence-corrected chi connectivity index (χ3v) is 3.74. The molecule has 0 bridgehead atoms. The Morgan fingerprint density at radius 1 is 1.43 bits per heavy atom. The minimum atomic E-state index is -0.478. The number of halogens is 1. The lowest BCUT2D eigenvalue weighted by Gasteiger charge is -1.97. The van der Waals surface area contributed by atoms with Gasteiger partial charge in [0.25, 0.3) is 0 Å². The molecule has 9 heteroatoms. The zero-order valence-electron chi connectivity index (χ0n) is 11.6. The number of carbonyl (C=O) groups excluding carboxylic acids is 1. The maximum absolute atomic E-state index is 13.2. The van der Waals surface area contributed by atoms with E-state index in [0.717, 1.165) is 11.6 Å². The fraction of sp³-hybridized carbons (Fsp3) is 0.0714. The highest BCUT2D eigenvalue weighted by Crippen LogP contribution is 2.17. The second-order valence-electron chi connectivity index (χ2n) is 4.56. The summed E-state index contributed by atoms with van der Waals surface area (Å²) >= 11 is 1.29. The van der Waals surface area contributed by atoms with Gasteiger partial charge in [0.15, 0.2) is 5.76 Å². The van der Waals surface area contributed by atoms with Crippen molar-refractivity contribution in [3.05, 3.63) is 63.6 Å². The topological polar surface area (TPSA) is 105 Å². The van der Waals surface area contributed by atoms with E-state index in [1.807, 2.05) is 0 Å². The van der Waals surface area contributed by atoms with E-state index in [1.54, 1.807) is 17.5 Å². The van der Waals surface area contributed by atoms with Gasteiger partial charge in [0, 0.05) is 17.9 Å². The first-order valence-corrected chi connectivity index (χ1v) is 7.37. The van der Waals surface area contributed by atoms with Crippen LogP contribution in [0.15, 0.2) is 35.7 Å². The van der Waals surface area contributed by atoms with E-state index in [9.17, 15) is 14.3 Å². The van der Waals surface area contributed by atoms with Gasteiger partial charge in [-0.1, -0.05) is 12.1 Å². The summed E-state index contributed by atoms with van der Waals surface area (Å²) < 4.78 is 13.2. The lowest BCUT2D eigenvalue weighted by molar-refractivity contribution is 0.104. The second kappa shape index (κ2) is 6.44. The number of aliphatic hydroxyl groups excluding tert-OH is 1. The Kier molecular flexibility index (Phi) is 4.20. The van der Waals surface area contributed by atoms with Gasteiger partial charge in [-0.2, -0.15) is 5.21 Å². The van der Waals surface area contributed by atoms with E-state index >= 15 is 0 Å². The van der Waals surface area contributed by atoms with Crippen molar-refractivity contribution in [3.8, 4) is 0 Å². The number of nitrogens with one attached hydrogen (secondary N) is 1. The van der Waals surface area contributed by atoms with Crippen LogP contribution in [-0.2, 0) is 6.42 Å². The summed E-state index contributed by atoms with van der Waals surface area (Å²) in [5, 5.41) is 24.5. The quantitative estimate of drug-likeness (QED) is 0.422. The first-order valence-electron chi connectivity index (χ1n) is 6.49. The average Bonchev–Trinajstić information content (AvgIpc) is 3.18. The molecule has 0 spiro atoms. The smallest absolute Gasteiger partial charge is 0.239 e. The highest BCUT2D eigenvalue weighted by molar-refractivity contribution is 7.09. The van der Waals surface area contributed by atoms with Gasteiger partial charge in [-0.15, -0.1) is 21.5 Å². The number of allylic oxidation sites excluding steroid dienone is 1. The summed E-state index contributed by atoms with van der Waals surface area (Å²) in [6, 6.07) is 6.20. The Hall–Kier alpha value is -2.94. The Morgan fingerprint density at radius 2 is 2.30 bits per heavy atom. The van der Waals surface area contributed by atoms with Gasteiger partial charge < -0.3 is 5.11 Å². The van der Waals surface area contributed by atoms with E-state index in [-0.39, 0.29) is 17.3 Å². The Balaban J connectivity index is 1.74. The molecule has 116 valence electrons. The average molecular weight is 331 g/mol. The molecule has 0 radical (unpaired) electrons. The number of aromatic amines is 1. The van der Waals surface area contributed by atoms with Gasteiger partial charge >= 0.3 is 0 Å². The molecule has 0 amide bonds. The zero-order valence-corrected chi connectivity index (χ0v) is 12.4. The fourth-order valence-electron chi connectivity index (χ4n) is 1.86. The molecule has 2 heterocycles. The molecule has 0 saturated heterocycles. The number of rotatable bonds is 5. The van der Waals surface area contributed by atoms with Gasteiger partial charge in [0.1, 0.15) is 11.5 Å². The van der Waals surface area contributed by atoms with Crippen LogP contribution in [-0.4, -0.2) is 36.5 Å². The van der Waals surface area contributed by atoms with Crippen molar-refractivity contribution in [3.63, 3.8) is 0 Å². The van der Waals surface area contributed by atoms with Crippen molar-refractivity contribution in [2.75, 3.05) is 0 Å². The molecule has 0 fully saturated rings. The maximum atomic E-state index is 13.2. The van der Waals surface area contributed by atoms with Crippen LogP contribution in [0.25, 0.3) is 5.76 Å². The van der Waals surface area contributed by atoms with Crippen LogP contribution in [0.2, 0.25) is 0 Å². The van der Waals surface area contributed by atoms with Crippen LogP contribution in [0.4, 0.5) is 4.39 Å². The number of aromatic nitrogens is 5. The van der Waals surface area contributed by atoms with Crippen molar-refractivity contribution >= 4 is 22.9 Å². The molecule has 2 N–H and O–H groups in total.